The molecule has 0 aliphatic heterocycles. The summed E-state index contributed by atoms with van der Waals surface area (Å²) in [5, 5.41) is 3.57. The van der Waals surface area contributed by atoms with Crippen molar-refractivity contribution in [3.05, 3.63) is 35.9 Å². The van der Waals surface area contributed by atoms with Crippen LogP contribution in [0.2, 0.25) is 0 Å². The highest BCUT2D eigenvalue weighted by Crippen LogP contribution is 2.18. The molecule has 1 aromatic carbocycles. The second-order valence-electron chi connectivity index (χ2n) is 4.56. The van der Waals surface area contributed by atoms with Crippen LogP contribution in [-0.4, -0.2) is 22.3 Å². The van der Waals surface area contributed by atoms with Gasteiger partial charge in [-0.05, 0) is 18.9 Å². The summed E-state index contributed by atoms with van der Waals surface area (Å²) >= 11 is 0. The molecule has 3 heteroatoms. The molecule has 3 unspecified atom stereocenters. The number of nitrogens with one attached hydrogen (secondary N) is 1. The maximum Gasteiger partial charge on any atom is 0.0383 e. The largest absolute Gasteiger partial charge is 0.307 e. The average molecular weight is 253 g/mol. The molecule has 0 saturated heterocycles. The van der Waals surface area contributed by atoms with Crippen molar-refractivity contribution < 1.29 is 4.21 Å². The van der Waals surface area contributed by atoms with E-state index >= 15 is 0 Å². The Balaban J connectivity index is 2.63. The Labute approximate surface area is 107 Å². The standard InChI is InChI=1S/C14H23NOS/c1-4-8-14(13-9-6-5-7-10-13)15-12(2)11-17(3)16/h5-7,9-10,12,14-15H,4,8,11H2,1-3H3. The molecule has 1 aromatic rings. The van der Waals surface area contributed by atoms with E-state index in [0.29, 0.717) is 11.8 Å². The van der Waals surface area contributed by atoms with Gasteiger partial charge in [0, 0.05) is 34.9 Å². The number of rotatable bonds is 7. The normalized spacial score (nSPS) is 16.4. The van der Waals surface area contributed by atoms with Gasteiger partial charge < -0.3 is 5.32 Å². The number of hydrogen-bond donors (Lipinski definition) is 1. The third kappa shape index (κ3) is 5.46. The quantitative estimate of drug-likeness (QED) is 0.809. The van der Waals surface area contributed by atoms with Crippen LogP contribution < -0.4 is 5.32 Å². The molecule has 0 bridgehead atoms. The molecule has 0 aliphatic carbocycles. The fourth-order valence-electron chi connectivity index (χ4n) is 2.06. The molecule has 0 aromatic heterocycles. The van der Waals surface area contributed by atoms with Gasteiger partial charge in [-0.2, -0.15) is 0 Å². The molecule has 0 radical (unpaired) electrons. The molecule has 0 spiro atoms. The lowest BCUT2D eigenvalue weighted by molar-refractivity contribution is 0.450. The lowest BCUT2D eigenvalue weighted by atomic mass is 10.0. The minimum absolute atomic E-state index is 0.289. The third-order valence-corrected chi connectivity index (χ3v) is 3.72. The van der Waals surface area contributed by atoms with Crippen LogP contribution in [0.4, 0.5) is 0 Å². The summed E-state index contributed by atoms with van der Waals surface area (Å²) in [4.78, 5) is 0. The lowest BCUT2D eigenvalue weighted by Crippen LogP contribution is -2.34. The van der Waals surface area contributed by atoms with E-state index < -0.39 is 10.8 Å². The maximum atomic E-state index is 11.2. The summed E-state index contributed by atoms with van der Waals surface area (Å²) in [5.41, 5.74) is 1.32. The van der Waals surface area contributed by atoms with Crippen molar-refractivity contribution in [2.24, 2.45) is 0 Å². The van der Waals surface area contributed by atoms with E-state index in [0.717, 1.165) is 12.8 Å². The van der Waals surface area contributed by atoms with Crippen molar-refractivity contribution in [1.82, 2.24) is 5.32 Å². The van der Waals surface area contributed by atoms with E-state index in [1.54, 1.807) is 6.26 Å². The molecule has 0 fully saturated rings. The zero-order chi connectivity index (χ0) is 12.7. The number of hydrogen-bond acceptors (Lipinski definition) is 2. The summed E-state index contributed by atoms with van der Waals surface area (Å²) in [5.74, 6) is 0.715. The van der Waals surface area contributed by atoms with Crippen LogP contribution in [0.25, 0.3) is 0 Å². The van der Waals surface area contributed by atoms with Gasteiger partial charge in [0.25, 0.3) is 0 Å². The van der Waals surface area contributed by atoms with Crippen LogP contribution in [0.15, 0.2) is 30.3 Å². The van der Waals surface area contributed by atoms with E-state index in [9.17, 15) is 4.21 Å². The number of benzene rings is 1. The minimum Gasteiger partial charge on any atom is -0.307 e. The van der Waals surface area contributed by atoms with Gasteiger partial charge in [0.1, 0.15) is 0 Å². The summed E-state index contributed by atoms with van der Waals surface area (Å²) in [6.07, 6.45) is 4.02. The molecular formula is C14H23NOS. The molecule has 0 amide bonds. The highest BCUT2D eigenvalue weighted by atomic mass is 32.2. The Hall–Kier alpha value is -0.670. The maximum absolute atomic E-state index is 11.2. The van der Waals surface area contributed by atoms with Crippen LogP contribution in [0.1, 0.15) is 38.3 Å². The summed E-state index contributed by atoms with van der Waals surface area (Å²) in [7, 11) is -0.735. The molecule has 3 atom stereocenters. The van der Waals surface area contributed by atoms with Crippen molar-refractivity contribution in [2.75, 3.05) is 12.0 Å². The Morgan fingerprint density at radius 2 is 1.94 bits per heavy atom. The van der Waals surface area contributed by atoms with Crippen LogP contribution >= 0.6 is 0 Å². The minimum atomic E-state index is -0.735. The van der Waals surface area contributed by atoms with E-state index in [1.807, 2.05) is 6.07 Å². The Morgan fingerprint density at radius 1 is 1.29 bits per heavy atom. The van der Waals surface area contributed by atoms with Gasteiger partial charge in [-0.1, -0.05) is 43.7 Å². The van der Waals surface area contributed by atoms with E-state index in [4.69, 9.17) is 0 Å². The molecular weight excluding hydrogens is 230 g/mol. The fraction of sp³-hybridized carbons (Fsp3) is 0.571. The highest BCUT2D eigenvalue weighted by Gasteiger charge is 2.13. The lowest BCUT2D eigenvalue weighted by Gasteiger charge is -2.23. The first kappa shape index (κ1) is 14.4. The topological polar surface area (TPSA) is 29.1 Å². The molecule has 96 valence electrons. The smallest absolute Gasteiger partial charge is 0.0383 e. The highest BCUT2D eigenvalue weighted by molar-refractivity contribution is 7.84. The van der Waals surface area contributed by atoms with E-state index in [-0.39, 0.29) is 6.04 Å². The van der Waals surface area contributed by atoms with Crippen LogP contribution in [0.3, 0.4) is 0 Å². The summed E-state index contributed by atoms with van der Waals surface area (Å²) in [6, 6.07) is 11.2. The predicted octanol–water partition coefficient (Wildman–Crippen LogP) is 2.88. The van der Waals surface area contributed by atoms with Crippen LogP contribution in [0, 0.1) is 0 Å². The third-order valence-electron chi connectivity index (χ3n) is 2.75. The molecule has 0 heterocycles. The Bertz CT molecular complexity index is 339. The first-order valence-electron chi connectivity index (χ1n) is 6.24. The van der Waals surface area contributed by atoms with Crippen molar-refractivity contribution in [3.63, 3.8) is 0 Å². The van der Waals surface area contributed by atoms with Gasteiger partial charge in [0.05, 0.1) is 0 Å². The molecule has 1 N–H and O–H groups in total. The molecule has 0 saturated carbocycles. The second kappa shape index (κ2) is 7.62. The molecule has 1 rings (SSSR count). The van der Waals surface area contributed by atoms with Crippen molar-refractivity contribution in [2.45, 2.75) is 38.8 Å². The fourth-order valence-corrected chi connectivity index (χ4v) is 2.86. The zero-order valence-corrected chi connectivity index (χ0v) is 11.8. The van der Waals surface area contributed by atoms with E-state index in [1.165, 1.54) is 5.56 Å². The Kier molecular flexibility index (Phi) is 6.45. The SMILES string of the molecule is CCCC(NC(C)CS(C)=O)c1ccccc1. The molecule has 0 aliphatic rings. The van der Waals surface area contributed by atoms with Gasteiger partial charge in [0.15, 0.2) is 0 Å². The average Bonchev–Trinajstić information content (AvgIpc) is 2.28. The first-order chi connectivity index (χ1) is 8.13. The molecule has 2 nitrogen and oxygen atoms in total. The van der Waals surface area contributed by atoms with Gasteiger partial charge in [0.2, 0.25) is 0 Å². The van der Waals surface area contributed by atoms with Crippen molar-refractivity contribution in [3.8, 4) is 0 Å². The Morgan fingerprint density at radius 3 is 2.47 bits per heavy atom. The van der Waals surface area contributed by atoms with Crippen molar-refractivity contribution >= 4 is 10.8 Å². The summed E-state index contributed by atoms with van der Waals surface area (Å²) in [6.45, 7) is 4.30. The van der Waals surface area contributed by atoms with Crippen LogP contribution in [0.5, 0.6) is 0 Å². The van der Waals surface area contributed by atoms with Gasteiger partial charge in [-0.15, -0.1) is 0 Å². The predicted molar refractivity (Wildman–Crippen MR) is 75.6 cm³/mol. The monoisotopic (exact) mass is 253 g/mol. The van der Waals surface area contributed by atoms with Gasteiger partial charge in [-0.25, -0.2) is 0 Å². The first-order valence-corrected chi connectivity index (χ1v) is 7.97. The molecule has 17 heavy (non-hydrogen) atoms. The van der Waals surface area contributed by atoms with Crippen molar-refractivity contribution in [1.29, 1.82) is 0 Å². The van der Waals surface area contributed by atoms with Gasteiger partial charge in [-0.3, -0.25) is 4.21 Å². The summed E-state index contributed by atoms with van der Waals surface area (Å²) < 4.78 is 11.2. The second-order valence-corrected chi connectivity index (χ2v) is 6.04. The van der Waals surface area contributed by atoms with Gasteiger partial charge >= 0.3 is 0 Å². The van der Waals surface area contributed by atoms with Crippen LogP contribution in [-0.2, 0) is 10.8 Å². The zero-order valence-electron chi connectivity index (χ0n) is 11.0. The van der Waals surface area contributed by atoms with E-state index in [2.05, 4.69) is 43.4 Å².